The molecule has 35 heavy (non-hydrogen) atoms. The number of aliphatic hydroxyl groups excluding tert-OH is 2. The van der Waals surface area contributed by atoms with Gasteiger partial charge in [0, 0.05) is 11.6 Å². The second-order valence-corrected chi connectivity index (χ2v) is 8.71. The van der Waals surface area contributed by atoms with Crippen molar-refractivity contribution in [1.82, 2.24) is 9.55 Å². The Balaban J connectivity index is 1.76. The van der Waals surface area contributed by atoms with Gasteiger partial charge in [0.2, 0.25) is 0 Å². The molecule has 0 saturated carbocycles. The number of aromatic nitrogens is 2. The van der Waals surface area contributed by atoms with E-state index in [1.165, 1.54) is 44.6 Å². The number of thiophene rings is 1. The van der Waals surface area contributed by atoms with Gasteiger partial charge in [-0.05, 0) is 30.7 Å². The Hall–Kier alpha value is -3.41. The molecule has 4 aromatic rings. The third-order valence-corrected chi connectivity index (χ3v) is 6.53. The van der Waals surface area contributed by atoms with Crippen LogP contribution in [0.3, 0.4) is 0 Å². The summed E-state index contributed by atoms with van der Waals surface area (Å²) in [5.41, 5.74) is 0.773. The highest BCUT2D eigenvalue weighted by molar-refractivity contribution is 7.16. The Bertz CT molecular complexity index is 1360. The molecular weight excluding hydrogens is 485 g/mol. The van der Waals surface area contributed by atoms with Crippen molar-refractivity contribution in [2.24, 2.45) is 0 Å². The van der Waals surface area contributed by atoms with E-state index in [0.29, 0.717) is 21.6 Å². The summed E-state index contributed by atoms with van der Waals surface area (Å²) in [5.74, 6) is -0.636. The van der Waals surface area contributed by atoms with Gasteiger partial charge in [-0.25, -0.2) is 9.78 Å². The molecule has 0 aliphatic carbocycles. The molecule has 7 nitrogen and oxygen atoms in total. The number of carbonyl (C=O) groups is 1. The number of methoxy groups -OCH3 is 1. The SMILES string of the molecule is COC(=O)c1sc(-n2cnc3ccc(C(O)CO)cc32)cc1OC(C)c1ccccc1C(F)(F)F. The molecule has 2 unspecified atom stereocenters. The summed E-state index contributed by atoms with van der Waals surface area (Å²) in [6, 6.07) is 11.6. The molecule has 2 aromatic heterocycles. The predicted molar refractivity (Wildman–Crippen MR) is 123 cm³/mol. The van der Waals surface area contributed by atoms with Crippen molar-refractivity contribution in [1.29, 1.82) is 0 Å². The van der Waals surface area contributed by atoms with Crippen LogP contribution in [0, 0.1) is 0 Å². The maximum absolute atomic E-state index is 13.5. The van der Waals surface area contributed by atoms with Gasteiger partial charge >= 0.3 is 12.1 Å². The summed E-state index contributed by atoms with van der Waals surface area (Å²) in [6.45, 7) is 1.01. The van der Waals surface area contributed by atoms with Gasteiger partial charge in [-0.3, -0.25) is 4.57 Å². The third kappa shape index (κ3) is 4.88. The van der Waals surface area contributed by atoms with E-state index in [-0.39, 0.29) is 16.2 Å². The summed E-state index contributed by atoms with van der Waals surface area (Å²) in [4.78, 5) is 16.8. The monoisotopic (exact) mass is 506 g/mol. The molecule has 11 heteroatoms. The van der Waals surface area contributed by atoms with Crippen molar-refractivity contribution in [2.75, 3.05) is 13.7 Å². The molecule has 2 atom stereocenters. The minimum atomic E-state index is -4.56. The standard InChI is InChI=1S/C24H21F3N2O5S/c1-13(15-5-3-4-6-16(15)24(25,26)27)34-20-10-21(35-22(20)23(32)33-2)29-12-28-17-8-7-14(9-18(17)29)19(31)11-30/h3-10,12-13,19,30-31H,11H2,1-2H3. The lowest BCUT2D eigenvalue weighted by atomic mass is 10.0. The number of carbonyl (C=O) groups excluding carboxylic acids is 1. The zero-order valence-electron chi connectivity index (χ0n) is 18.6. The Morgan fingerprint density at radius 2 is 1.94 bits per heavy atom. The van der Waals surface area contributed by atoms with Crippen LogP contribution in [0.25, 0.3) is 16.0 Å². The van der Waals surface area contributed by atoms with E-state index in [9.17, 15) is 28.2 Å². The van der Waals surface area contributed by atoms with Gasteiger partial charge in [-0.2, -0.15) is 13.2 Å². The van der Waals surface area contributed by atoms with E-state index in [2.05, 4.69) is 4.98 Å². The first kappa shape index (κ1) is 24.7. The van der Waals surface area contributed by atoms with Crippen molar-refractivity contribution >= 4 is 28.3 Å². The zero-order valence-corrected chi connectivity index (χ0v) is 19.4. The second kappa shape index (κ2) is 9.68. The highest BCUT2D eigenvalue weighted by Crippen LogP contribution is 2.39. The fourth-order valence-corrected chi connectivity index (χ4v) is 4.67. The summed E-state index contributed by atoms with van der Waals surface area (Å²) in [6.07, 6.45) is -5.15. The maximum atomic E-state index is 13.5. The van der Waals surface area contributed by atoms with Crippen LogP contribution in [0.2, 0.25) is 0 Å². The minimum Gasteiger partial charge on any atom is -0.484 e. The Morgan fingerprint density at radius 3 is 2.63 bits per heavy atom. The van der Waals surface area contributed by atoms with Crippen LogP contribution in [0.4, 0.5) is 13.2 Å². The number of nitrogens with zero attached hydrogens (tertiary/aromatic N) is 2. The van der Waals surface area contributed by atoms with E-state index in [1.54, 1.807) is 22.8 Å². The van der Waals surface area contributed by atoms with Crippen LogP contribution in [0.1, 0.15) is 45.5 Å². The molecular formula is C24H21F3N2O5S. The van der Waals surface area contributed by atoms with E-state index in [1.807, 2.05) is 0 Å². The smallest absolute Gasteiger partial charge is 0.416 e. The number of benzene rings is 2. The predicted octanol–water partition coefficient (Wildman–Crippen LogP) is 5.06. The van der Waals surface area contributed by atoms with Crippen LogP contribution in [-0.2, 0) is 10.9 Å². The summed E-state index contributed by atoms with van der Waals surface area (Å²) in [5, 5.41) is 19.7. The average Bonchev–Trinajstić information content (AvgIpc) is 3.46. The van der Waals surface area contributed by atoms with Crippen LogP contribution < -0.4 is 4.74 Å². The fraction of sp³-hybridized carbons (Fsp3) is 0.250. The van der Waals surface area contributed by atoms with Gasteiger partial charge < -0.3 is 19.7 Å². The molecule has 0 aliphatic rings. The maximum Gasteiger partial charge on any atom is 0.416 e. The van der Waals surface area contributed by atoms with Crippen molar-refractivity contribution in [2.45, 2.75) is 25.3 Å². The van der Waals surface area contributed by atoms with E-state index >= 15 is 0 Å². The van der Waals surface area contributed by atoms with Crippen LogP contribution in [0.15, 0.2) is 54.9 Å². The Kier molecular flexibility index (Phi) is 6.84. The molecule has 0 spiro atoms. The van der Waals surface area contributed by atoms with Crippen molar-refractivity contribution in [3.05, 3.63) is 76.4 Å². The molecule has 0 aliphatic heterocycles. The number of rotatable bonds is 7. The van der Waals surface area contributed by atoms with Crippen LogP contribution in [-0.4, -0.2) is 39.5 Å². The molecule has 2 N–H and O–H groups in total. The largest absolute Gasteiger partial charge is 0.484 e. The number of esters is 1. The molecule has 0 saturated heterocycles. The number of imidazole rings is 1. The zero-order chi connectivity index (χ0) is 25.3. The molecule has 0 fully saturated rings. The first-order valence-corrected chi connectivity index (χ1v) is 11.3. The minimum absolute atomic E-state index is 0.0646. The lowest BCUT2D eigenvalue weighted by molar-refractivity contribution is -0.139. The van der Waals surface area contributed by atoms with Gasteiger partial charge in [0.05, 0.1) is 30.3 Å². The number of hydrogen-bond donors (Lipinski definition) is 2. The average molecular weight is 507 g/mol. The highest BCUT2D eigenvalue weighted by Gasteiger charge is 2.35. The number of ether oxygens (including phenoxy) is 2. The topological polar surface area (TPSA) is 93.8 Å². The Morgan fingerprint density at radius 1 is 1.20 bits per heavy atom. The first-order valence-electron chi connectivity index (χ1n) is 10.4. The Labute approximate surface area is 202 Å². The molecule has 4 rings (SSSR count). The van der Waals surface area contributed by atoms with E-state index < -0.39 is 36.5 Å². The highest BCUT2D eigenvalue weighted by atomic mass is 32.1. The molecule has 0 radical (unpaired) electrons. The lowest BCUT2D eigenvalue weighted by Crippen LogP contribution is -2.14. The quantitative estimate of drug-likeness (QED) is 0.341. The van der Waals surface area contributed by atoms with Crippen LogP contribution >= 0.6 is 11.3 Å². The first-order chi connectivity index (χ1) is 16.6. The third-order valence-electron chi connectivity index (χ3n) is 5.43. The van der Waals surface area contributed by atoms with Crippen LogP contribution in [0.5, 0.6) is 5.75 Å². The molecule has 0 bridgehead atoms. The van der Waals surface area contributed by atoms with Gasteiger partial charge in [0.1, 0.15) is 29.3 Å². The number of aliphatic hydroxyl groups is 2. The molecule has 2 heterocycles. The van der Waals surface area contributed by atoms with E-state index in [0.717, 1.165) is 17.4 Å². The lowest BCUT2D eigenvalue weighted by Gasteiger charge is -2.19. The fourth-order valence-electron chi connectivity index (χ4n) is 3.68. The number of hydrogen-bond acceptors (Lipinski definition) is 7. The number of halogens is 3. The van der Waals surface area contributed by atoms with Crippen molar-refractivity contribution < 1.29 is 37.7 Å². The molecule has 0 amide bonds. The van der Waals surface area contributed by atoms with E-state index in [4.69, 9.17) is 9.47 Å². The number of fused-ring (bicyclic) bond motifs is 1. The van der Waals surface area contributed by atoms with Gasteiger partial charge in [0.25, 0.3) is 0 Å². The second-order valence-electron chi connectivity index (χ2n) is 7.68. The number of alkyl halides is 3. The molecule has 2 aromatic carbocycles. The summed E-state index contributed by atoms with van der Waals surface area (Å²) >= 11 is 1.02. The van der Waals surface area contributed by atoms with Crippen molar-refractivity contribution in [3.8, 4) is 10.8 Å². The summed E-state index contributed by atoms with van der Waals surface area (Å²) < 4.78 is 52.8. The van der Waals surface area contributed by atoms with Gasteiger partial charge in [0.15, 0.2) is 4.88 Å². The van der Waals surface area contributed by atoms with Gasteiger partial charge in [-0.1, -0.05) is 24.3 Å². The normalized spacial score (nSPS) is 13.6. The van der Waals surface area contributed by atoms with Crippen molar-refractivity contribution in [3.63, 3.8) is 0 Å². The molecule has 184 valence electrons. The van der Waals surface area contributed by atoms with Gasteiger partial charge in [-0.15, -0.1) is 11.3 Å². The summed E-state index contributed by atoms with van der Waals surface area (Å²) in [7, 11) is 1.20.